The Morgan fingerprint density at radius 1 is 1.20 bits per heavy atom. The van der Waals surface area contributed by atoms with Gasteiger partial charge in [0, 0.05) is 25.2 Å². The van der Waals surface area contributed by atoms with E-state index < -0.39 is 5.97 Å². The zero-order valence-electron chi connectivity index (χ0n) is 11.0. The SMILES string of the molecule is COCCOCCCOc1c(Cl)cc(Cl)cc1C(=O)O. The molecular weight excluding hydrogens is 307 g/mol. The highest BCUT2D eigenvalue weighted by molar-refractivity contribution is 6.36. The van der Waals surface area contributed by atoms with E-state index in [1.807, 2.05) is 0 Å². The lowest BCUT2D eigenvalue weighted by atomic mass is 10.2. The van der Waals surface area contributed by atoms with Crippen LogP contribution in [0.15, 0.2) is 12.1 Å². The van der Waals surface area contributed by atoms with Crippen molar-refractivity contribution in [3.63, 3.8) is 0 Å². The summed E-state index contributed by atoms with van der Waals surface area (Å²) in [6.45, 7) is 1.84. The molecular formula is C13H16Cl2O5. The molecule has 20 heavy (non-hydrogen) atoms. The van der Waals surface area contributed by atoms with E-state index in [9.17, 15) is 4.79 Å². The summed E-state index contributed by atoms with van der Waals surface area (Å²) in [5.74, 6) is -1.01. The quantitative estimate of drug-likeness (QED) is 0.707. The van der Waals surface area contributed by atoms with Gasteiger partial charge in [0.05, 0.1) is 24.8 Å². The zero-order chi connectivity index (χ0) is 15.0. The predicted molar refractivity (Wildman–Crippen MR) is 76.2 cm³/mol. The second-order valence-electron chi connectivity index (χ2n) is 3.88. The summed E-state index contributed by atoms with van der Waals surface area (Å²) in [4.78, 5) is 11.1. The van der Waals surface area contributed by atoms with Gasteiger partial charge in [-0.25, -0.2) is 4.79 Å². The molecule has 0 saturated carbocycles. The molecule has 1 rings (SSSR count). The molecule has 5 nitrogen and oxygen atoms in total. The molecule has 0 bridgehead atoms. The van der Waals surface area contributed by atoms with Crippen molar-refractivity contribution in [1.29, 1.82) is 0 Å². The molecule has 0 radical (unpaired) electrons. The molecule has 1 aromatic rings. The van der Waals surface area contributed by atoms with E-state index in [0.717, 1.165) is 0 Å². The molecule has 0 aliphatic rings. The van der Waals surface area contributed by atoms with Crippen LogP contribution in [0.5, 0.6) is 5.75 Å². The number of methoxy groups -OCH3 is 1. The van der Waals surface area contributed by atoms with E-state index in [4.69, 9.17) is 42.5 Å². The van der Waals surface area contributed by atoms with Gasteiger partial charge in [-0.2, -0.15) is 0 Å². The topological polar surface area (TPSA) is 65.0 Å². The highest BCUT2D eigenvalue weighted by Gasteiger charge is 2.16. The normalized spacial score (nSPS) is 10.6. The summed E-state index contributed by atoms with van der Waals surface area (Å²) >= 11 is 11.7. The fourth-order valence-electron chi connectivity index (χ4n) is 1.45. The Morgan fingerprint density at radius 2 is 1.95 bits per heavy atom. The van der Waals surface area contributed by atoms with Gasteiger partial charge in [-0.05, 0) is 12.1 Å². The van der Waals surface area contributed by atoms with Crippen molar-refractivity contribution in [3.8, 4) is 5.75 Å². The molecule has 0 atom stereocenters. The Balaban J connectivity index is 2.49. The Morgan fingerprint density at radius 3 is 2.60 bits per heavy atom. The Hall–Kier alpha value is -1.01. The molecule has 0 aliphatic heterocycles. The number of hydrogen-bond donors (Lipinski definition) is 1. The van der Waals surface area contributed by atoms with Crippen LogP contribution in [-0.2, 0) is 9.47 Å². The van der Waals surface area contributed by atoms with E-state index in [2.05, 4.69) is 0 Å². The molecule has 0 fully saturated rings. The third-order valence-corrected chi connectivity index (χ3v) is 2.85. The Bertz CT molecular complexity index is 451. The largest absolute Gasteiger partial charge is 0.491 e. The molecule has 0 unspecified atom stereocenters. The monoisotopic (exact) mass is 322 g/mol. The number of benzene rings is 1. The first-order valence-electron chi connectivity index (χ1n) is 5.98. The van der Waals surface area contributed by atoms with Crippen molar-refractivity contribution < 1.29 is 24.1 Å². The van der Waals surface area contributed by atoms with Crippen LogP contribution in [-0.4, -0.2) is 44.6 Å². The maximum absolute atomic E-state index is 11.1. The lowest BCUT2D eigenvalue weighted by molar-refractivity contribution is 0.0637. The van der Waals surface area contributed by atoms with Crippen molar-refractivity contribution in [1.82, 2.24) is 0 Å². The average Bonchev–Trinajstić information content (AvgIpc) is 2.39. The third kappa shape index (κ3) is 5.54. The first-order chi connectivity index (χ1) is 9.56. The average molecular weight is 323 g/mol. The van der Waals surface area contributed by atoms with Crippen LogP contribution in [0.4, 0.5) is 0 Å². The highest BCUT2D eigenvalue weighted by atomic mass is 35.5. The minimum absolute atomic E-state index is 0.0530. The van der Waals surface area contributed by atoms with Gasteiger partial charge >= 0.3 is 5.97 Å². The molecule has 0 amide bonds. The van der Waals surface area contributed by atoms with Gasteiger partial charge in [0.15, 0.2) is 5.75 Å². The molecule has 0 aliphatic carbocycles. The summed E-state index contributed by atoms with van der Waals surface area (Å²) in [5.41, 5.74) is -0.0530. The van der Waals surface area contributed by atoms with Crippen LogP contribution < -0.4 is 4.74 Å². The Kier molecular flexibility index (Phi) is 7.69. The van der Waals surface area contributed by atoms with Gasteiger partial charge in [-0.15, -0.1) is 0 Å². The molecule has 0 aromatic heterocycles. The number of carboxylic acid groups (broad SMARTS) is 1. The maximum atomic E-state index is 11.1. The number of rotatable bonds is 9. The van der Waals surface area contributed by atoms with Crippen LogP contribution in [0.3, 0.4) is 0 Å². The number of hydrogen-bond acceptors (Lipinski definition) is 4. The van der Waals surface area contributed by atoms with Crippen molar-refractivity contribution in [3.05, 3.63) is 27.7 Å². The first-order valence-corrected chi connectivity index (χ1v) is 6.73. The number of carbonyl (C=O) groups is 1. The van der Waals surface area contributed by atoms with E-state index in [-0.39, 0.29) is 21.4 Å². The van der Waals surface area contributed by atoms with Crippen LogP contribution in [0.25, 0.3) is 0 Å². The van der Waals surface area contributed by atoms with Gasteiger partial charge in [0.25, 0.3) is 0 Å². The predicted octanol–water partition coefficient (Wildman–Crippen LogP) is 3.12. The van der Waals surface area contributed by atoms with Gasteiger partial charge in [-0.3, -0.25) is 0 Å². The maximum Gasteiger partial charge on any atom is 0.339 e. The molecule has 0 heterocycles. The second kappa shape index (κ2) is 9.02. The van der Waals surface area contributed by atoms with Gasteiger partial charge < -0.3 is 19.3 Å². The Labute approximate surface area is 127 Å². The molecule has 0 saturated heterocycles. The molecule has 0 spiro atoms. The smallest absolute Gasteiger partial charge is 0.339 e. The van der Waals surface area contributed by atoms with E-state index in [0.29, 0.717) is 32.8 Å². The fourth-order valence-corrected chi connectivity index (χ4v) is 1.99. The van der Waals surface area contributed by atoms with E-state index in [1.54, 1.807) is 7.11 Å². The summed E-state index contributed by atoms with van der Waals surface area (Å²) in [6.07, 6.45) is 0.613. The highest BCUT2D eigenvalue weighted by Crippen LogP contribution is 2.32. The first kappa shape index (κ1) is 17.0. The lowest BCUT2D eigenvalue weighted by Crippen LogP contribution is -2.09. The van der Waals surface area contributed by atoms with Crippen LogP contribution in [0, 0.1) is 0 Å². The molecule has 112 valence electrons. The summed E-state index contributed by atoms with van der Waals surface area (Å²) in [5, 5.41) is 9.51. The molecule has 7 heteroatoms. The number of halogens is 2. The van der Waals surface area contributed by atoms with Gasteiger partial charge in [0.1, 0.15) is 5.56 Å². The van der Waals surface area contributed by atoms with Gasteiger partial charge in [-0.1, -0.05) is 23.2 Å². The summed E-state index contributed by atoms with van der Waals surface area (Å²) < 4.78 is 15.5. The van der Waals surface area contributed by atoms with Crippen LogP contribution in [0.2, 0.25) is 10.0 Å². The number of ether oxygens (including phenoxy) is 3. The lowest BCUT2D eigenvalue weighted by Gasteiger charge is -2.11. The minimum Gasteiger partial charge on any atom is -0.491 e. The minimum atomic E-state index is -1.14. The standard InChI is InChI=1S/C13H16Cl2O5/c1-18-5-6-19-3-2-4-20-12-10(13(16)17)7-9(14)8-11(12)15/h7-8H,2-6H2,1H3,(H,16,17). The van der Waals surface area contributed by atoms with Crippen molar-refractivity contribution >= 4 is 29.2 Å². The summed E-state index contributed by atoms with van der Waals surface area (Å²) in [7, 11) is 1.60. The van der Waals surface area contributed by atoms with Crippen molar-refractivity contribution in [2.45, 2.75) is 6.42 Å². The van der Waals surface area contributed by atoms with Crippen LogP contribution in [0.1, 0.15) is 16.8 Å². The third-order valence-electron chi connectivity index (χ3n) is 2.35. The van der Waals surface area contributed by atoms with Crippen molar-refractivity contribution in [2.24, 2.45) is 0 Å². The van der Waals surface area contributed by atoms with Gasteiger partial charge in [0.2, 0.25) is 0 Å². The second-order valence-corrected chi connectivity index (χ2v) is 4.72. The van der Waals surface area contributed by atoms with Crippen molar-refractivity contribution in [2.75, 3.05) is 33.5 Å². The summed E-state index contributed by atoms with van der Waals surface area (Å²) in [6, 6.07) is 2.75. The molecule has 1 N–H and O–H groups in total. The number of aromatic carboxylic acids is 1. The van der Waals surface area contributed by atoms with E-state index >= 15 is 0 Å². The molecule has 1 aromatic carbocycles. The fraction of sp³-hybridized carbons (Fsp3) is 0.462. The number of carboxylic acids is 1. The van der Waals surface area contributed by atoms with Crippen LogP contribution >= 0.6 is 23.2 Å². The zero-order valence-corrected chi connectivity index (χ0v) is 12.5. The van der Waals surface area contributed by atoms with E-state index in [1.165, 1.54) is 12.1 Å².